The van der Waals surface area contributed by atoms with E-state index in [2.05, 4.69) is 52.4 Å². The molecule has 0 aliphatic heterocycles. The van der Waals surface area contributed by atoms with Crippen molar-refractivity contribution in [2.24, 2.45) is 5.92 Å². The maximum atomic E-state index is 13.0. The minimum atomic E-state index is -0.1000. The number of Topliss-reactive ketones (excluding diaryl/α,β-unsaturated/α-hetero) is 1. The summed E-state index contributed by atoms with van der Waals surface area (Å²) in [6, 6.07) is 22.7. The molecule has 0 saturated heterocycles. The van der Waals surface area contributed by atoms with E-state index in [4.69, 9.17) is 14.0 Å². The van der Waals surface area contributed by atoms with Gasteiger partial charge in [-0.05, 0) is 60.6 Å². The summed E-state index contributed by atoms with van der Waals surface area (Å²) in [4.78, 5) is 38.0. The number of ketones is 1. The van der Waals surface area contributed by atoms with Gasteiger partial charge in [0.2, 0.25) is 5.78 Å². The molecule has 164 valence electrons. The van der Waals surface area contributed by atoms with Gasteiger partial charge in [0, 0.05) is 11.6 Å². The first-order valence-corrected chi connectivity index (χ1v) is 10.7. The lowest BCUT2D eigenvalue weighted by molar-refractivity contribution is -0.191. The largest absolute Gasteiger partial charge is 0.432 e. The molecule has 2 heterocycles. The van der Waals surface area contributed by atoms with E-state index in [1.54, 1.807) is 6.20 Å². The molecule has 0 N–H and O–H groups in total. The van der Waals surface area contributed by atoms with Crippen molar-refractivity contribution in [3.8, 4) is 22.6 Å². The number of nitrogens with zero attached hydrogens (tertiary/aromatic N) is 2. The summed E-state index contributed by atoms with van der Waals surface area (Å²) < 4.78 is 5.78. The van der Waals surface area contributed by atoms with Gasteiger partial charge in [-0.15, -0.1) is 0 Å². The van der Waals surface area contributed by atoms with E-state index in [-0.39, 0.29) is 23.7 Å². The van der Waals surface area contributed by atoms with Crippen LogP contribution in [0.2, 0.25) is 0 Å². The van der Waals surface area contributed by atoms with E-state index in [0.717, 1.165) is 25.0 Å². The van der Waals surface area contributed by atoms with Crippen LogP contribution in [0.1, 0.15) is 33.9 Å². The maximum Gasteiger partial charge on any atom is 0.373 e. The smallest absolute Gasteiger partial charge is 0.373 e. The monoisotopic (exact) mass is 438 g/mol. The van der Waals surface area contributed by atoms with Crippen LogP contribution in [0.4, 0.5) is 0 Å². The van der Waals surface area contributed by atoms with Crippen LogP contribution in [0.3, 0.4) is 0 Å². The van der Waals surface area contributed by atoms with Crippen molar-refractivity contribution in [2.75, 3.05) is 0 Å². The third-order valence-electron chi connectivity index (χ3n) is 5.77. The molecule has 0 bridgehead atoms. The highest BCUT2D eigenvalue weighted by Crippen LogP contribution is 2.32. The predicted octanol–water partition coefficient (Wildman–Crippen LogP) is 5.12. The van der Waals surface area contributed by atoms with Gasteiger partial charge in [0.05, 0.1) is 6.20 Å². The number of benzene rings is 2. The molecule has 0 spiro atoms. The van der Waals surface area contributed by atoms with Crippen LogP contribution < -0.4 is 0 Å². The van der Waals surface area contributed by atoms with E-state index < -0.39 is 0 Å². The van der Waals surface area contributed by atoms with Gasteiger partial charge in [0.25, 0.3) is 5.89 Å². The third kappa shape index (κ3) is 5.03. The lowest BCUT2D eigenvalue weighted by atomic mass is 9.80. The topological polar surface area (TPSA) is 90.1 Å². The van der Waals surface area contributed by atoms with Crippen molar-refractivity contribution in [1.82, 2.24) is 9.97 Å². The maximum absolute atomic E-state index is 13.0. The molecule has 0 fully saturated rings. The minimum absolute atomic E-state index is 0.0216. The van der Waals surface area contributed by atoms with Crippen molar-refractivity contribution in [3.63, 3.8) is 0 Å². The molecule has 2 aromatic heterocycles. The second-order valence-corrected chi connectivity index (χ2v) is 7.93. The third-order valence-corrected chi connectivity index (χ3v) is 5.77. The molecule has 1 aliphatic rings. The molecule has 6 heteroatoms. The number of carbonyl (C=O) groups is 1. The van der Waals surface area contributed by atoms with Gasteiger partial charge in [-0.3, -0.25) is 4.79 Å². The summed E-state index contributed by atoms with van der Waals surface area (Å²) in [6.07, 6.45) is 4.27. The fraction of sp³-hybridized carbons (Fsp3) is 0.185. The number of carbonyl (C=O) groups excluding carboxylic acids is 3. The molecule has 1 atom stereocenters. The lowest BCUT2D eigenvalue weighted by Crippen LogP contribution is -2.23. The summed E-state index contributed by atoms with van der Waals surface area (Å²) in [6.45, 7) is 1.93. The average molecular weight is 438 g/mol. The number of pyridine rings is 1. The Labute approximate surface area is 191 Å². The Kier molecular flexibility index (Phi) is 6.67. The summed E-state index contributed by atoms with van der Waals surface area (Å²) in [5, 5.41) is 0. The predicted molar refractivity (Wildman–Crippen MR) is 121 cm³/mol. The van der Waals surface area contributed by atoms with E-state index in [9.17, 15) is 4.79 Å². The molecule has 0 saturated carbocycles. The van der Waals surface area contributed by atoms with Gasteiger partial charge in [0.1, 0.15) is 5.69 Å². The highest BCUT2D eigenvalue weighted by atomic mass is 16.4. The van der Waals surface area contributed by atoms with E-state index in [1.165, 1.54) is 22.3 Å². The molecule has 4 aromatic rings. The van der Waals surface area contributed by atoms with Gasteiger partial charge >= 0.3 is 6.15 Å². The molecule has 0 amide bonds. The molecule has 1 aliphatic carbocycles. The van der Waals surface area contributed by atoms with Crippen molar-refractivity contribution in [2.45, 2.75) is 26.2 Å². The second kappa shape index (κ2) is 9.98. The molecule has 6 nitrogen and oxygen atoms in total. The fourth-order valence-corrected chi connectivity index (χ4v) is 4.15. The number of hydrogen-bond acceptors (Lipinski definition) is 6. The van der Waals surface area contributed by atoms with Gasteiger partial charge in [0.15, 0.2) is 5.76 Å². The zero-order valence-corrected chi connectivity index (χ0v) is 18.2. The number of fused-ring (bicyclic) bond motifs is 1. The van der Waals surface area contributed by atoms with Crippen LogP contribution in [0.5, 0.6) is 0 Å². The van der Waals surface area contributed by atoms with Crippen LogP contribution >= 0.6 is 0 Å². The summed E-state index contributed by atoms with van der Waals surface area (Å²) in [5.41, 5.74) is 6.61. The second-order valence-electron chi connectivity index (χ2n) is 7.93. The Bertz CT molecular complexity index is 1300. The molecule has 33 heavy (non-hydrogen) atoms. The first-order chi connectivity index (χ1) is 16.1. The molecule has 5 rings (SSSR count). The van der Waals surface area contributed by atoms with Crippen LogP contribution in [0, 0.1) is 12.8 Å². The van der Waals surface area contributed by atoms with E-state index in [0.29, 0.717) is 11.5 Å². The number of rotatable bonds is 4. The van der Waals surface area contributed by atoms with Crippen molar-refractivity contribution >= 4 is 11.9 Å². The lowest BCUT2D eigenvalue weighted by Gasteiger charge is -2.23. The number of aryl methyl sites for hydroxylation is 2. The van der Waals surface area contributed by atoms with Gasteiger partial charge in [-0.25, -0.2) is 9.97 Å². The van der Waals surface area contributed by atoms with Crippen molar-refractivity contribution in [1.29, 1.82) is 0 Å². The Balaban J connectivity index is 0.000000821. The highest BCUT2D eigenvalue weighted by molar-refractivity contribution is 5.94. The Morgan fingerprint density at radius 1 is 0.970 bits per heavy atom. The van der Waals surface area contributed by atoms with Crippen LogP contribution in [-0.4, -0.2) is 21.9 Å². The number of hydrogen-bond donors (Lipinski definition) is 0. The zero-order valence-electron chi connectivity index (χ0n) is 18.2. The Morgan fingerprint density at radius 2 is 1.76 bits per heavy atom. The highest BCUT2D eigenvalue weighted by Gasteiger charge is 2.29. The minimum Gasteiger partial charge on any atom is -0.432 e. The first-order valence-electron chi connectivity index (χ1n) is 10.7. The van der Waals surface area contributed by atoms with Crippen LogP contribution in [-0.2, 0) is 22.4 Å². The number of aromatic nitrogens is 2. The SMILES string of the molecule is Cc1cccc(-c2cnc(C(=O)C3CCc4cc(-c5ccccc5)ccc4C3)o2)n1.O=C=O. The van der Waals surface area contributed by atoms with Gasteiger partial charge < -0.3 is 4.42 Å². The molecule has 0 radical (unpaired) electrons. The van der Waals surface area contributed by atoms with E-state index >= 15 is 0 Å². The summed E-state index contributed by atoms with van der Waals surface area (Å²) in [5.74, 6) is 0.595. The standard InChI is InChI=1S/C26H22N2O2.CO2/c1-17-6-5-9-23(28-17)24-16-27-26(30-24)25(29)22-13-12-20-14-19(10-11-21(20)15-22)18-7-3-2-4-8-18;2-1-3/h2-11,14,16,22H,12-13,15H2,1H3;. The van der Waals surface area contributed by atoms with E-state index in [1.807, 2.05) is 31.2 Å². The molecular formula is C27H22N2O4. The molecule has 1 unspecified atom stereocenters. The summed E-state index contributed by atoms with van der Waals surface area (Å²) in [7, 11) is 0. The van der Waals surface area contributed by atoms with Crippen molar-refractivity contribution < 1.29 is 18.8 Å². The number of oxazole rings is 1. The normalized spacial score (nSPS) is 14.4. The Hall–Kier alpha value is -4.15. The molecular weight excluding hydrogens is 416 g/mol. The average Bonchev–Trinajstić information content (AvgIpc) is 3.34. The van der Waals surface area contributed by atoms with Gasteiger partial charge in [-0.1, -0.05) is 54.6 Å². The van der Waals surface area contributed by atoms with Crippen LogP contribution in [0.15, 0.2) is 77.3 Å². The van der Waals surface area contributed by atoms with Gasteiger partial charge in [-0.2, -0.15) is 9.59 Å². The molecule has 2 aromatic carbocycles. The van der Waals surface area contributed by atoms with Crippen molar-refractivity contribution in [3.05, 3.63) is 95.6 Å². The zero-order chi connectivity index (χ0) is 23.2. The fourth-order valence-electron chi connectivity index (χ4n) is 4.15. The Morgan fingerprint density at radius 3 is 2.52 bits per heavy atom. The quantitative estimate of drug-likeness (QED) is 0.411. The first kappa shape index (κ1) is 22.1. The van der Waals surface area contributed by atoms with Crippen LogP contribution in [0.25, 0.3) is 22.6 Å². The summed E-state index contributed by atoms with van der Waals surface area (Å²) >= 11 is 0.